The van der Waals surface area contributed by atoms with Crippen LogP contribution < -0.4 is 9.80 Å². The van der Waals surface area contributed by atoms with Crippen LogP contribution in [0.25, 0.3) is 21.8 Å². The molecule has 0 aliphatic heterocycles. The summed E-state index contributed by atoms with van der Waals surface area (Å²) >= 11 is 12.9. The second-order valence-corrected chi connectivity index (χ2v) is 15.4. The minimum absolute atomic E-state index is 0.0347. The minimum Gasteiger partial charge on any atom is -0.390 e. The summed E-state index contributed by atoms with van der Waals surface area (Å²) in [6.45, 7) is -0.351. The van der Waals surface area contributed by atoms with Gasteiger partial charge in [0.25, 0.3) is 0 Å². The first-order valence-corrected chi connectivity index (χ1v) is 19.3. The molecule has 8 rings (SSSR count). The van der Waals surface area contributed by atoms with Crippen LogP contribution in [0.5, 0.6) is 0 Å². The summed E-state index contributed by atoms with van der Waals surface area (Å²) < 4.78 is 9.29. The molecule has 2 aliphatic carbocycles. The van der Waals surface area contributed by atoms with Crippen LogP contribution in [0.2, 0.25) is 10.0 Å². The Bertz CT molecular complexity index is 2470. The van der Waals surface area contributed by atoms with Gasteiger partial charge >= 0.3 is 11.9 Å². The van der Waals surface area contributed by atoms with Gasteiger partial charge in [0, 0.05) is 75.0 Å². The first-order valence-electron chi connectivity index (χ1n) is 18.5. The number of carbonyl (C=O) groups excluding carboxylic acids is 4. The molecule has 55 heavy (non-hydrogen) atoms. The summed E-state index contributed by atoms with van der Waals surface area (Å²) in [4.78, 5) is 57.7. The van der Waals surface area contributed by atoms with Crippen LogP contribution in [0.3, 0.4) is 0 Å². The Labute approximate surface area is 329 Å². The van der Waals surface area contributed by atoms with Crippen LogP contribution in [0.4, 0.5) is 11.4 Å². The molecule has 6 aromatic rings. The Morgan fingerprint density at radius 2 is 1.09 bits per heavy atom. The number of hydrogen-bond acceptors (Lipinski definition) is 5. The maximum absolute atomic E-state index is 13.6. The van der Waals surface area contributed by atoms with E-state index in [2.05, 4.69) is 0 Å². The second kappa shape index (κ2) is 15.0. The van der Waals surface area contributed by atoms with E-state index < -0.39 is 11.9 Å². The lowest BCUT2D eigenvalue weighted by Crippen LogP contribution is -2.36. The number of anilines is 2. The van der Waals surface area contributed by atoms with Crippen LogP contribution in [0, 0.1) is 11.8 Å². The lowest BCUT2D eigenvalue weighted by Gasteiger charge is -2.28. The van der Waals surface area contributed by atoms with Gasteiger partial charge in [-0.2, -0.15) is 0 Å². The van der Waals surface area contributed by atoms with Gasteiger partial charge in [-0.15, -0.1) is 0 Å². The number of carbonyl (C=O) groups is 4. The van der Waals surface area contributed by atoms with Crippen LogP contribution in [-0.4, -0.2) is 47.0 Å². The third kappa shape index (κ3) is 7.03. The maximum atomic E-state index is 13.6. The Hall–Kier alpha value is -5.38. The zero-order chi connectivity index (χ0) is 38.4. The first kappa shape index (κ1) is 36.6. The molecule has 0 saturated heterocycles. The highest BCUT2D eigenvalue weighted by Crippen LogP contribution is 2.38. The maximum Gasteiger partial charge on any atom is 0.333 e. The van der Waals surface area contributed by atoms with Crippen LogP contribution >= 0.6 is 23.2 Å². The van der Waals surface area contributed by atoms with Gasteiger partial charge in [0.05, 0.1) is 5.52 Å². The van der Waals surface area contributed by atoms with Crippen molar-refractivity contribution in [2.24, 2.45) is 11.8 Å². The fourth-order valence-electron chi connectivity index (χ4n) is 8.58. The van der Waals surface area contributed by atoms with Crippen molar-refractivity contribution < 1.29 is 23.9 Å². The number of nitrogens with zero attached hydrogens (tertiary/aromatic N) is 4. The molecule has 2 aromatic heterocycles. The van der Waals surface area contributed by atoms with Crippen molar-refractivity contribution in [3.05, 3.63) is 130 Å². The number of aromatic nitrogens is 2. The van der Waals surface area contributed by atoms with Gasteiger partial charge in [0.15, 0.2) is 0 Å². The minimum atomic E-state index is -0.685. The van der Waals surface area contributed by atoms with E-state index in [1.165, 1.54) is 0 Å². The number of ether oxygens (including phenoxy) is 1. The number of benzene rings is 4. The van der Waals surface area contributed by atoms with E-state index >= 15 is 0 Å². The molecule has 2 aliphatic rings. The molecule has 0 bridgehead atoms. The molecule has 9 nitrogen and oxygen atoms in total. The molecule has 0 radical (unpaired) electrons. The van der Waals surface area contributed by atoms with E-state index in [4.69, 9.17) is 27.9 Å². The fraction of sp³-hybridized carbons (Fsp3) is 0.273. The van der Waals surface area contributed by atoms with Gasteiger partial charge < -0.3 is 23.7 Å². The van der Waals surface area contributed by atoms with Crippen molar-refractivity contribution >= 4 is 80.1 Å². The number of esters is 2. The SMILES string of the molecule is CN(C(=O)C1CCc2c(c3cc(Cl)ccc3n2CC(=O)OC(=O)Cn2c3c(c4ccc(Cl)cc42)CC(C(=O)N(C)c2ccccc2)CC3)C1)c1ccccc1. The van der Waals surface area contributed by atoms with E-state index in [0.717, 1.165) is 55.7 Å². The van der Waals surface area contributed by atoms with E-state index in [9.17, 15) is 19.2 Å². The van der Waals surface area contributed by atoms with Gasteiger partial charge in [-0.1, -0.05) is 65.7 Å². The molecule has 0 spiro atoms. The summed E-state index contributed by atoms with van der Waals surface area (Å²) in [5.74, 6) is -1.75. The highest BCUT2D eigenvalue weighted by atomic mass is 35.5. The van der Waals surface area contributed by atoms with Crippen molar-refractivity contribution in [2.75, 3.05) is 23.9 Å². The number of hydrogen-bond donors (Lipinski definition) is 0. The van der Waals surface area contributed by atoms with E-state index in [1.54, 1.807) is 30.0 Å². The van der Waals surface area contributed by atoms with E-state index in [1.807, 2.05) is 100 Å². The quantitative estimate of drug-likeness (QED) is 0.115. The average Bonchev–Trinajstić information content (AvgIpc) is 3.66. The van der Waals surface area contributed by atoms with E-state index in [0.29, 0.717) is 48.6 Å². The lowest BCUT2D eigenvalue weighted by atomic mass is 9.85. The number of halogens is 2. The van der Waals surface area contributed by atoms with Crippen LogP contribution in [0.15, 0.2) is 97.1 Å². The molecule has 280 valence electrons. The summed E-state index contributed by atoms with van der Waals surface area (Å²) in [7, 11) is 3.60. The van der Waals surface area contributed by atoms with Gasteiger partial charge in [-0.05, 0) is 104 Å². The summed E-state index contributed by atoms with van der Waals surface area (Å²) in [6, 6.07) is 30.2. The molecule has 4 aromatic carbocycles. The number of rotatable bonds is 8. The van der Waals surface area contributed by atoms with Gasteiger partial charge in [-0.3, -0.25) is 9.59 Å². The topological polar surface area (TPSA) is 93.9 Å². The molecule has 2 heterocycles. The number of fused-ring (bicyclic) bond motifs is 6. The zero-order valence-corrected chi connectivity index (χ0v) is 32.1. The summed E-state index contributed by atoms with van der Waals surface area (Å²) in [6.07, 6.45) is 3.42. The summed E-state index contributed by atoms with van der Waals surface area (Å²) in [5, 5.41) is 2.88. The Kier molecular flexibility index (Phi) is 10.0. The van der Waals surface area contributed by atoms with Crippen molar-refractivity contribution in [3.8, 4) is 0 Å². The molecule has 0 saturated carbocycles. The van der Waals surface area contributed by atoms with Crippen molar-refractivity contribution in [1.82, 2.24) is 9.13 Å². The first-order chi connectivity index (χ1) is 26.6. The van der Waals surface area contributed by atoms with Crippen LogP contribution in [-0.2, 0) is 62.7 Å². The van der Waals surface area contributed by atoms with Crippen molar-refractivity contribution in [1.29, 1.82) is 0 Å². The third-order valence-electron chi connectivity index (χ3n) is 11.3. The smallest absolute Gasteiger partial charge is 0.333 e. The number of amides is 2. The monoisotopic (exact) mass is 774 g/mol. The standard InChI is InChI=1S/C44H40Cl2N4O5/c1-47(31-9-5-3-6-10-31)43(53)27-13-18-37-34(21-27)33-17-15-30(46)24-40(33)50(37)26-42(52)55-41(51)25-49-38-19-14-28(44(54)48(2)32-11-7-4-8-12-32)22-35(38)36-23-29(45)16-20-39(36)49/h3-12,15-17,20,23-24,27-28H,13-14,18-19,21-22,25-26H2,1-2H3. The Morgan fingerprint density at radius 1 is 0.618 bits per heavy atom. The van der Waals surface area contributed by atoms with Crippen molar-refractivity contribution in [3.63, 3.8) is 0 Å². The van der Waals surface area contributed by atoms with Gasteiger partial charge in [0.2, 0.25) is 11.8 Å². The zero-order valence-electron chi connectivity index (χ0n) is 30.6. The van der Waals surface area contributed by atoms with Crippen molar-refractivity contribution in [2.45, 2.75) is 51.6 Å². The van der Waals surface area contributed by atoms with Crippen LogP contribution in [0.1, 0.15) is 35.4 Å². The molecule has 11 heteroatoms. The Morgan fingerprint density at radius 3 is 1.64 bits per heavy atom. The van der Waals surface area contributed by atoms with E-state index in [-0.39, 0.29) is 36.7 Å². The average molecular weight is 776 g/mol. The lowest BCUT2D eigenvalue weighted by molar-refractivity contribution is -0.160. The van der Waals surface area contributed by atoms with Gasteiger partial charge in [0.1, 0.15) is 13.1 Å². The normalized spacial score (nSPS) is 16.4. The highest BCUT2D eigenvalue weighted by molar-refractivity contribution is 6.31. The fourth-order valence-corrected chi connectivity index (χ4v) is 8.92. The second-order valence-electron chi connectivity index (χ2n) is 14.5. The predicted molar refractivity (Wildman–Crippen MR) is 216 cm³/mol. The third-order valence-corrected chi connectivity index (χ3v) is 11.8. The predicted octanol–water partition coefficient (Wildman–Crippen LogP) is 8.21. The largest absolute Gasteiger partial charge is 0.390 e. The Balaban J connectivity index is 1.00. The highest BCUT2D eigenvalue weighted by Gasteiger charge is 2.34. The number of para-hydroxylation sites is 2. The molecule has 2 unspecified atom stereocenters. The molecule has 0 fully saturated rings. The molecule has 0 N–H and O–H groups in total. The molecular weight excluding hydrogens is 735 g/mol. The molecule has 2 atom stereocenters. The van der Waals surface area contributed by atoms with Gasteiger partial charge in [-0.25, -0.2) is 9.59 Å². The molecular formula is C44H40Cl2N4O5. The molecule has 2 amide bonds. The summed E-state index contributed by atoms with van der Waals surface area (Å²) in [5.41, 5.74) is 7.10.